The van der Waals surface area contributed by atoms with Crippen molar-refractivity contribution in [1.82, 2.24) is 15.3 Å². The van der Waals surface area contributed by atoms with E-state index in [1.54, 1.807) is 16.8 Å². The fourth-order valence-electron chi connectivity index (χ4n) is 4.66. The summed E-state index contributed by atoms with van der Waals surface area (Å²) >= 11 is 0. The Morgan fingerprint density at radius 1 is 1.10 bits per heavy atom. The highest BCUT2D eigenvalue weighted by Crippen LogP contribution is 2.39. The first-order valence-corrected chi connectivity index (χ1v) is 14.1. The highest BCUT2D eigenvalue weighted by molar-refractivity contribution is 6.07. The number of hydrogen-bond donors (Lipinski definition) is 3. The van der Waals surface area contributed by atoms with Gasteiger partial charge in [-0.3, -0.25) is 19.9 Å². The highest BCUT2D eigenvalue weighted by atomic mass is 16.5. The van der Waals surface area contributed by atoms with Gasteiger partial charge in [0.15, 0.2) is 0 Å². The van der Waals surface area contributed by atoms with E-state index in [1.807, 2.05) is 69.3 Å². The van der Waals surface area contributed by atoms with Crippen LogP contribution in [0.5, 0.6) is 0 Å². The smallest absolute Gasteiger partial charge is 0.255 e. The maximum absolute atomic E-state index is 14.1. The van der Waals surface area contributed by atoms with Crippen LogP contribution >= 0.6 is 0 Å². The van der Waals surface area contributed by atoms with Crippen molar-refractivity contribution in [2.45, 2.75) is 85.4 Å². The first kappa shape index (κ1) is 30.3. The van der Waals surface area contributed by atoms with Gasteiger partial charge in [0.05, 0.1) is 13.0 Å². The molecule has 3 rings (SSSR count). The molecule has 39 heavy (non-hydrogen) atoms. The van der Waals surface area contributed by atoms with Gasteiger partial charge in [-0.2, -0.15) is 0 Å². The quantitative estimate of drug-likeness (QED) is 0.122. The number of carbonyl (C=O) groups excluding carboxylic acids is 2. The molecule has 0 aromatic heterocycles. The van der Waals surface area contributed by atoms with Gasteiger partial charge in [0.2, 0.25) is 5.91 Å². The van der Waals surface area contributed by atoms with Gasteiger partial charge in [0.25, 0.3) is 5.91 Å². The molecule has 210 valence electrons. The van der Waals surface area contributed by atoms with E-state index in [4.69, 9.17) is 5.41 Å². The van der Waals surface area contributed by atoms with Crippen molar-refractivity contribution in [3.63, 3.8) is 0 Å². The first-order valence-electron chi connectivity index (χ1n) is 14.1. The predicted octanol–water partition coefficient (Wildman–Crippen LogP) is 6.31. The van der Waals surface area contributed by atoms with Crippen LogP contribution in [0.15, 0.2) is 59.7 Å². The average Bonchev–Trinajstić information content (AvgIpc) is 3.78. The molecule has 0 saturated heterocycles. The van der Waals surface area contributed by atoms with Crippen molar-refractivity contribution in [3.05, 3.63) is 70.8 Å². The Balaban J connectivity index is 1.90. The normalized spacial score (nSPS) is 13.7. The second-order valence-corrected chi connectivity index (χ2v) is 10.8. The summed E-state index contributed by atoms with van der Waals surface area (Å²) in [5.41, 5.74) is 7.69. The third kappa shape index (κ3) is 8.10. The van der Waals surface area contributed by atoms with Crippen LogP contribution in [0, 0.1) is 11.3 Å². The van der Waals surface area contributed by atoms with E-state index < -0.39 is 0 Å². The topological polar surface area (TPSA) is 96.7 Å². The number of benzene rings is 2. The lowest BCUT2D eigenvalue weighted by Gasteiger charge is -2.27. The van der Waals surface area contributed by atoms with E-state index in [9.17, 15) is 14.8 Å². The zero-order valence-corrected chi connectivity index (χ0v) is 24.1. The summed E-state index contributed by atoms with van der Waals surface area (Å²) in [5, 5.41) is 18.0. The zero-order valence-electron chi connectivity index (χ0n) is 24.1. The lowest BCUT2D eigenvalue weighted by Crippen LogP contribution is -2.39. The van der Waals surface area contributed by atoms with Crippen LogP contribution in [0.4, 0.5) is 0 Å². The van der Waals surface area contributed by atoms with E-state index in [0.29, 0.717) is 24.5 Å². The molecule has 1 saturated carbocycles. The number of hydroxylamine groups is 1. The van der Waals surface area contributed by atoms with Crippen LogP contribution in [-0.2, 0) is 22.7 Å². The molecule has 7 nitrogen and oxygen atoms in total. The Morgan fingerprint density at radius 2 is 1.77 bits per heavy atom. The number of amides is 2. The van der Waals surface area contributed by atoms with Crippen LogP contribution < -0.4 is 5.48 Å². The van der Waals surface area contributed by atoms with Crippen LogP contribution in [0.3, 0.4) is 0 Å². The second-order valence-electron chi connectivity index (χ2n) is 10.8. The molecule has 0 atom stereocenters. The van der Waals surface area contributed by atoms with E-state index in [-0.39, 0.29) is 36.7 Å². The van der Waals surface area contributed by atoms with Gasteiger partial charge in [-0.05, 0) is 68.2 Å². The standard InChI is InChI=1S/C32H44N4O3/c1-6-7-12-30(33)36(32(38)29(23(4)25-17-18-25)19-31(37)35(5)22(2)3)21-24-13-15-26(16-14-24)28-11-9-8-10-27(28)20-34-39/h8-11,13-16,22,25,33-34,39H,6-7,12,17-21H2,1-5H3/b29-23+,33-30?. The van der Waals surface area contributed by atoms with Crippen molar-refractivity contribution >= 4 is 17.6 Å². The molecule has 1 aliphatic rings. The number of unbranched alkanes of at least 4 members (excludes halogenated alkanes) is 1. The van der Waals surface area contributed by atoms with E-state index in [0.717, 1.165) is 53.5 Å². The number of nitrogens with zero attached hydrogens (tertiary/aromatic N) is 2. The Labute approximate surface area is 233 Å². The fourth-order valence-corrected chi connectivity index (χ4v) is 4.66. The molecule has 0 aliphatic heterocycles. The largest absolute Gasteiger partial charge is 0.343 e. The number of hydrogen-bond acceptors (Lipinski definition) is 5. The third-order valence-corrected chi connectivity index (χ3v) is 7.65. The summed E-state index contributed by atoms with van der Waals surface area (Å²) in [5.74, 6) is 0.333. The molecule has 3 N–H and O–H groups in total. The lowest BCUT2D eigenvalue weighted by molar-refractivity contribution is -0.132. The Hall–Kier alpha value is -3.29. The number of carbonyl (C=O) groups is 2. The molecule has 0 heterocycles. The Morgan fingerprint density at radius 3 is 2.36 bits per heavy atom. The van der Waals surface area contributed by atoms with E-state index >= 15 is 0 Å². The van der Waals surface area contributed by atoms with E-state index in [1.165, 1.54) is 0 Å². The number of nitrogens with one attached hydrogen (secondary N) is 2. The zero-order chi connectivity index (χ0) is 28.5. The molecule has 7 heteroatoms. The van der Waals surface area contributed by atoms with Crippen LogP contribution in [-0.4, -0.2) is 45.7 Å². The minimum Gasteiger partial charge on any atom is -0.343 e. The first-order chi connectivity index (χ1) is 18.7. The summed E-state index contributed by atoms with van der Waals surface area (Å²) in [6.45, 7) is 8.60. The molecule has 0 spiro atoms. The number of allylic oxidation sites excluding steroid dienone is 1. The summed E-state index contributed by atoms with van der Waals surface area (Å²) in [4.78, 5) is 30.4. The molecule has 0 bridgehead atoms. The van der Waals surface area contributed by atoms with Gasteiger partial charge < -0.3 is 10.1 Å². The summed E-state index contributed by atoms with van der Waals surface area (Å²) in [6, 6.07) is 15.9. The van der Waals surface area contributed by atoms with Crippen molar-refractivity contribution in [2.75, 3.05) is 7.05 Å². The van der Waals surface area contributed by atoms with Crippen LogP contribution in [0.2, 0.25) is 0 Å². The molecule has 0 radical (unpaired) electrons. The second kappa shape index (κ2) is 14.2. The summed E-state index contributed by atoms with van der Waals surface area (Å²) in [7, 11) is 1.78. The number of rotatable bonds is 13. The fraction of sp³-hybridized carbons (Fsp3) is 0.469. The Bertz CT molecular complexity index is 1180. The van der Waals surface area contributed by atoms with Gasteiger partial charge in [-0.15, -0.1) is 0 Å². The van der Waals surface area contributed by atoms with Crippen molar-refractivity contribution in [1.29, 1.82) is 5.41 Å². The SMILES string of the molecule is CCCCC(=N)N(Cc1ccc(-c2ccccc2CNO)cc1)C(=O)/C(CC(=O)N(C)C(C)C)=C(\C)C1CC1. The molecule has 2 aromatic carbocycles. The molecule has 1 fully saturated rings. The molecular formula is C32H44N4O3. The molecule has 2 aromatic rings. The summed E-state index contributed by atoms with van der Waals surface area (Å²) in [6.07, 6.45) is 4.41. The van der Waals surface area contributed by atoms with Gasteiger partial charge in [0, 0.05) is 31.6 Å². The van der Waals surface area contributed by atoms with Crippen molar-refractivity contribution < 1.29 is 14.8 Å². The third-order valence-electron chi connectivity index (χ3n) is 7.65. The van der Waals surface area contributed by atoms with Gasteiger partial charge in [-0.1, -0.05) is 67.4 Å². The molecule has 1 aliphatic carbocycles. The van der Waals surface area contributed by atoms with Gasteiger partial charge >= 0.3 is 0 Å². The summed E-state index contributed by atoms with van der Waals surface area (Å²) < 4.78 is 0. The predicted molar refractivity (Wildman–Crippen MR) is 156 cm³/mol. The molecule has 0 unspecified atom stereocenters. The van der Waals surface area contributed by atoms with Crippen LogP contribution in [0.25, 0.3) is 11.1 Å². The molecule has 2 amide bonds. The maximum atomic E-state index is 14.1. The Kier molecular flexibility index (Phi) is 11.0. The highest BCUT2D eigenvalue weighted by Gasteiger charge is 2.32. The van der Waals surface area contributed by atoms with Gasteiger partial charge in [-0.25, -0.2) is 5.48 Å². The van der Waals surface area contributed by atoms with E-state index in [2.05, 4.69) is 12.4 Å². The van der Waals surface area contributed by atoms with Gasteiger partial charge in [0.1, 0.15) is 5.84 Å². The van der Waals surface area contributed by atoms with Crippen molar-refractivity contribution in [3.8, 4) is 11.1 Å². The van der Waals surface area contributed by atoms with Crippen molar-refractivity contribution in [2.24, 2.45) is 5.92 Å². The monoisotopic (exact) mass is 532 g/mol. The maximum Gasteiger partial charge on any atom is 0.255 e. The number of amidine groups is 1. The minimum atomic E-state index is -0.227. The lowest BCUT2D eigenvalue weighted by atomic mass is 9.97. The average molecular weight is 533 g/mol. The minimum absolute atomic E-state index is 0.0471. The molecular weight excluding hydrogens is 488 g/mol. The van der Waals surface area contributed by atoms with Crippen LogP contribution in [0.1, 0.15) is 77.3 Å².